The van der Waals surface area contributed by atoms with Crippen molar-refractivity contribution < 1.29 is 13.6 Å². The third kappa shape index (κ3) is 2.82. The van der Waals surface area contributed by atoms with Gasteiger partial charge in [-0.25, -0.2) is 13.8 Å². The van der Waals surface area contributed by atoms with E-state index in [1.807, 2.05) is 22.7 Å². The molecular formula is C18H20F2N4O. The molecule has 1 amide bonds. The van der Waals surface area contributed by atoms with E-state index in [0.29, 0.717) is 25.1 Å². The third-order valence-corrected chi connectivity index (χ3v) is 5.17. The second kappa shape index (κ2) is 6.22. The van der Waals surface area contributed by atoms with Gasteiger partial charge in [-0.2, -0.15) is 0 Å². The molecule has 1 N–H and O–H groups in total. The topological polar surface area (TPSA) is 50.2 Å². The molecule has 0 radical (unpaired) electrons. The molecule has 3 atom stereocenters. The molecule has 1 aliphatic heterocycles. The number of aromatic nitrogens is 2. The zero-order chi connectivity index (χ0) is 17.6. The highest BCUT2D eigenvalue weighted by atomic mass is 19.2. The molecule has 25 heavy (non-hydrogen) atoms. The fourth-order valence-corrected chi connectivity index (χ4v) is 3.73. The van der Waals surface area contributed by atoms with Crippen molar-refractivity contribution in [1.29, 1.82) is 0 Å². The maximum absolute atomic E-state index is 14.0. The Kier molecular flexibility index (Phi) is 4.03. The number of rotatable bonds is 3. The van der Waals surface area contributed by atoms with Crippen LogP contribution in [0.4, 0.5) is 8.78 Å². The van der Waals surface area contributed by atoms with Crippen molar-refractivity contribution in [2.24, 2.45) is 13.0 Å². The summed E-state index contributed by atoms with van der Waals surface area (Å²) in [5.74, 6) is -1.37. The number of benzene rings is 1. The Hall–Kier alpha value is -2.28. The summed E-state index contributed by atoms with van der Waals surface area (Å²) in [6.07, 6.45) is 4.14. The zero-order valence-electron chi connectivity index (χ0n) is 14.0. The number of halogens is 2. The molecule has 1 aliphatic carbocycles. The standard InChI is InChI=1S/C18H20F2N4O/c1-23-7-6-22-17(23)15-10-21-5-8-24(15)18(25)13-9-12(13)11-3-2-4-14(19)16(11)20/h2-4,6-7,12-13,15,21H,5,8-10H2,1H3. The van der Waals surface area contributed by atoms with Crippen LogP contribution in [-0.2, 0) is 11.8 Å². The van der Waals surface area contributed by atoms with Gasteiger partial charge in [0.25, 0.3) is 0 Å². The fraction of sp³-hybridized carbons (Fsp3) is 0.444. The average molecular weight is 346 g/mol. The van der Waals surface area contributed by atoms with Crippen LogP contribution in [0.15, 0.2) is 30.6 Å². The van der Waals surface area contributed by atoms with Crippen molar-refractivity contribution in [2.75, 3.05) is 19.6 Å². The largest absolute Gasteiger partial charge is 0.336 e. The number of hydrogen-bond donors (Lipinski definition) is 1. The Morgan fingerprint density at radius 3 is 2.96 bits per heavy atom. The Morgan fingerprint density at radius 2 is 2.20 bits per heavy atom. The van der Waals surface area contributed by atoms with Gasteiger partial charge in [0.15, 0.2) is 11.6 Å². The summed E-state index contributed by atoms with van der Waals surface area (Å²) in [5.41, 5.74) is 0.307. The zero-order valence-corrected chi connectivity index (χ0v) is 14.0. The van der Waals surface area contributed by atoms with Crippen molar-refractivity contribution in [1.82, 2.24) is 19.8 Å². The molecule has 1 saturated heterocycles. The Balaban J connectivity index is 1.54. The van der Waals surface area contributed by atoms with E-state index in [2.05, 4.69) is 10.3 Å². The van der Waals surface area contributed by atoms with E-state index >= 15 is 0 Å². The highest BCUT2D eigenvalue weighted by molar-refractivity contribution is 5.83. The van der Waals surface area contributed by atoms with Gasteiger partial charge in [0.1, 0.15) is 11.9 Å². The Bertz CT molecular complexity index is 806. The smallest absolute Gasteiger partial charge is 0.227 e. The number of piperazine rings is 1. The van der Waals surface area contributed by atoms with Crippen LogP contribution in [0.1, 0.15) is 29.8 Å². The predicted octanol–water partition coefficient (Wildman–Crippen LogP) is 1.97. The van der Waals surface area contributed by atoms with Gasteiger partial charge in [0.05, 0.1) is 0 Å². The van der Waals surface area contributed by atoms with Crippen LogP contribution in [0.25, 0.3) is 0 Å². The molecule has 3 unspecified atom stereocenters. The fourth-order valence-electron chi connectivity index (χ4n) is 3.73. The van der Waals surface area contributed by atoms with E-state index in [9.17, 15) is 13.6 Å². The van der Waals surface area contributed by atoms with Gasteiger partial charge in [0.2, 0.25) is 5.91 Å². The summed E-state index contributed by atoms with van der Waals surface area (Å²) in [4.78, 5) is 19.2. The number of hydrogen-bond acceptors (Lipinski definition) is 3. The number of amides is 1. The Morgan fingerprint density at radius 1 is 1.36 bits per heavy atom. The molecule has 1 saturated carbocycles. The minimum Gasteiger partial charge on any atom is -0.336 e. The number of nitrogens with zero attached hydrogens (tertiary/aromatic N) is 3. The number of aryl methyl sites for hydroxylation is 1. The monoisotopic (exact) mass is 346 g/mol. The van der Waals surface area contributed by atoms with Crippen molar-refractivity contribution in [3.8, 4) is 0 Å². The van der Waals surface area contributed by atoms with Crippen molar-refractivity contribution >= 4 is 5.91 Å². The summed E-state index contributed by atoms with van der Waals surface area (Å²) in [6, 6.07) is 4.03. The predicted molar refractivity (Wildman–Crippen MR) is 87.7 cm³/mol. The lowest BCUT2D eigenvalue weighted by Crippen LogP contribution is -2.50. The molecular weight excluding hydrogens is 326 g/mol. The van der Waals surface area contributed by atoms with Crippen LogP contribution < -0.4 is 5.32 Å². The van der Waals surface area contributed by atoms with Gasteiger partial charge in [-0.1, -0.05) is 12.1 Å². The van der Waals surface area contributed by atoms with Crippen LogP contribution in [0.3, 0.4) is 0 Å². The SMILES string of the molecule is Cn1ccnc1C1CNCCN1C(=O)C1CC1c1cccc(F)c1F. The first kappa shape index (κ1) is 16.2. The molecule has 2 aliphatic rings. The molecule has 2 heterocycles. The van der Waals surface area contributed by atoms with Gasteiger partial charge >= 0.3 is 0 Å². The lowest BCUT2D eigenvalue weighted by atomic mass is 10.1. The molecule has 2 aromatic rings. The molecule has 4 rings (SSSR count). The van der Waals surface area contributed by atoms with E-state index in [-0.39, 0.29) is 23.8 Å². The van der Waals surface area contributed by atoms with E-state index in [0.717, 1.165) is 18.4 Å². The van der Waals surface area contributed by atoms with Crippen molar-refractivity contribution in [2.45, 2.75) is 18.4 Å². The summed E-state index contributed by atoms with van der Waals surface area (Å²) in [7, 11) is 1.90. The lowest BCUT2D eigenvalue weighted by Gasteiger charge is -2.36. The number of nitrogens with one attached hydrogen (secondary N) is 1. The van der Waals surface area contributed by atoms with Crippen LogP contribution in [-0.4, -0.2) is 40.0 Å². The van der Waals surface area contributed by atoms with E-state index in [1.165, 1.54) is 6.07 Å². The van der Waals surface area contributed by atoms with Crippen molar-refractivity contribution in [3.63, 3.8) is 0 Å². The first-order chi connectivity index (χ1) is 12.1. The average Bonchev–Trinajstić information content (AvgIpc) is 3.30. The van der Waals surface area contributed by atoms with Crippen LogP contribution in [0, 0.1) is 17.6 Å². The Labute approximate surface area is 144 Å². The molecule has 132 valence electrons. The molecule has 0 bridgehead atoms. The third-order valence-electron chi connectivity index (χ3n) is 5.17. The maximum Gasteiger partial charge on any atom is 0.227 e. The van der Waals surface area contributed by atoms with Crippen LogP contribution in [0.5, 0.6) is 0 Å². The van der Waals surface area contributed by atoms with Gasteiger partial charge in [0, 0.05) is 45.0 Å². The van der Waals surface area contributed by atoms with Gasteiger partial charge < -0.3 is 14.8 Å². The van der Waals surface area contributed by atoms with Gasteiger partial charge in [-0.05, 0) is 24.0 Å². The first-order valence-corrected chi connectivity index (χ1v) is 8.50. The molecule has 2 fully saturated rings. The second-order valence-electron chi connectivity index (χ2n) is 6.74. The van der Waals surface area contributed by atoms with E-state index in [4.69, 9.17) is 0 Å². The minimum atomic E-state index is -0.858. The quantitative estimate of drug-likeness (QED) is 0.925. The van der Waals surface area contributed by atoms with E-state index in [1.54, 1.807) is 12.3 Å². The highest BCUT2D eigenvalue weighted by Crippen LogP contribution is 2.50. The van der Waals surface area contributed by atoms with Gasteiger partial charge in [-0.15, -0.1) is 0 Å². The maximum atomic E-state index is 14.0. The minimum absolute atomic E-state index is 0.00293. The molecule has 5 nitrogen and oxygen atoms in total. The highest BCUT2D eigenvalue weighted by Gasteiger charge is 2.49. The number of carbonyl (C=O) groups is 1. The summed E-state index contributed by atoms with van der Waals surface area (Å²) >= 11 is 0. The molecule has 7 heteroatoms. The van der Waals surface area contributed by atoms with Crippen molar-refractivity contribution in [3.05, 3.63) is 53.6 Å². The van der Waals surface area contributed by atoms with Gasteiger partial charge in [-0.3, -0.25) is 4.79 Å². The molecule has 0 spiro atoms. The van der Waals surface area contributed by atoms with E-state index < -0.39 is 11.6 Å². The lowest BCUT2D eigenvalue weighted by molar-refractivity contribution is -0.136. The normalized spacial score (nSPS) is 25.9. The molecule has 1 aromatic carbocycles. The number of carbonyl (C=O) groups excluding carboxylic acids is 1. The summed E-state index contributed by atoms with van der Waals surface area (Å²) in [5, 5.41) is 3.30. The number of imidazole rings is 1. The second-order valence-corrected chi connectivity index (χ2v) is 6.74. The summed E-state index contributed by atoms with van der Waals surface area (Å²) in [6.45, 7) is 1.95. The first-order valence-electron chi connectivity index (χ1n) is 8.50. The van der Waals surface area contributed by atoms with Crippen LogP contribution >= 0.6 is 0 Å². The molecule has 1 aromatic heterocycles. The summed E-state index contributed by atoms with van der Waals surface area (Å²) < 4.78 is 29.4. The van der Waals surface area contributed by atoms with Crippen LogP contribution in [0.2, 0.25) is 0 Å².